The van der Waals surface area contributed by atoms with E-state index in [-0.39, 0.29) is 6.42 Å². The first-order chi connectivity index (χ1) is 11.9. The van der Waals surface area contributed by atoms with Gasteiger partial charge in [0.25, 0.3) is 5.91 Å². The maximum Gasteiger partial charge on any atom is 0.311 e. The number of hydrogen-bond donors (Lipinski definition) is 1. The van der Waals surface area contributed by atoms with Crippen LogP contribution in [0.1, 0.15) is 12.5 Å². The molecule has 132 valence electrons. The second-order valence-electron chi connectivity index (χ2n) is 5.24. The van der Waals surface area contributed by atoms with Gasteiger partial charge in [-0.15, -0.1) is 0 Å². The van der Waals surface area contributed by atoms with Crippen molar-refractivity contribution in [2.24, 2.45) is 0 Å². The van der Waals surface area contributed by atoms with Crippen LogP contribution < -0.4 is 10.1 Å². The van der Waals surface area contributed by atoms with E-state index >= 15 is 0 Å². The molecule has 0 saturated carbocycles. The predicted octanol–water partition coefficient (Wildman–Crippen LogP) is 4.11. The SMILES string of the molecule is COc1ccc(NC(=O)[C@@H](C)OC(=O)Cc2ccccc2Cl)cc1Cl. The summed E-state index contributed by atoms with van der Waals surface area (Å²) in [5, 5.41) is 3.47. The molecule has 0 aromatic heterocycles. The van der Waals surface area contributed by atoms with Crippen molar-refractivity contribution in [1.82, 2.24) is 0 Å². The Morgan fingerprint density at radius 1 is 1.12 bits per heavy atom. The van der Waals surface area contributed by atoms with Gasteiger partial charge in [0, 0.05) is 10.7 Å². The Morgan fingerprint density at radius 2 is 1.84 bits per heavy atom. The van der Waals surface area contributed by atoms with E-state index in [4.69, 9.17) is 32.7 Å². The van der Waals surface area contributed by atoms with Crippen LogP contribution >= 0.6 is 23.2 Å². The van der Waals surface area contributed by atoms with Crippen LogP contribution in [-0.4, -0.2) is 25.1 Å². The normalized spacial score (nSPS) is 11.5. The van der Waals surface area contributed by atoms with Crippen molar-refractivity contribution in [1.29, 1.82) is 0 Å². The molecule has 2 aromatic rings. The fourth-order valence-corrected chi connectivity index (χ4v) is 2.54. The number of carbonyl (C=O) groups is 2. The lowest BCUT2D eigenvalue weighted by Crippen LogP contribution is -2.30. The molecular formula is C18H17Cl2NO4. The number of amides is 1. The number of esters is 1. The summed E-state index contributed by atoms with van der Waals surface area (Å²) in [4.78, 5) is 24.1. The number of methoxy groups -OCH3 is 1. The molecule has 7 heteroatoms. The highest BCUT2D eigenvalue weighted by molar-refractivity contribution is 6.32. The second kappa shape index (κ2) is 8.74. The number of carbonyl (C=O) groups excluding carboxylic acids is 2. The van der Waals surface area contributed by atoms with E-state index in [1.165, 1.54) is 14.0 Å². The summed E-state index contributed by atoms with van der Waals surface area (Å²) < 4.78 is 10.2. The molecule has 0 aliphatic carbocycles. The van der Waals surface area contributed by atoms with Gasteiger partial charge in [-0.25, -0.2) is 0 Å². The smallest absolute Gasteiger partial charge is 0.311 e. The minimum atomic E-state index is -0.962. The quantitative estimate of drug-likeness (QED) is 0.764. The van der Waals surface area contributed by atoms with E-state index in [2.05, 4.69) is 5.32 Å². The standard InChI is InChI=1S/C18H17Cl2NO4/c1-11(25-17(22)9-12-5-3-4-6-14(12)19)18(23)21-13-7-8-16(24-2)15(20)10-13/h3-8,10-11H,9H2,1-2H3,(H,21,23)/t11-/m1/s1. The molecule has 2 aromatic carbocycles. The van der Waals surface area contributed by atoms with Crippen molar-refractivity contribution in [3.05, 3.63) is 58.1 Å². The molecule has 0 unspecified atom stereocenters. The molecule has 2 rings (SSSR count). The lowest BCUT2D eigenvalue weighted by molar-refractivity contribution is -0.152. The monoisotopic (exact) mass is 381 g/mol. The number of hydrogen-bond acceptors (Lipinski definition) is 4. The largest absolute Gasteiger partial charge is 0.495 e. The Kier molecular flexibility index (Phi) is 6.67. The summed E-state index contributed by atoms with van der Waals surface area (Å²) in [6.45, 7) is 1.49. The van der Waals surface area contributed by atoms with Gasteiger partial charge in [0.2, 0.25) is 0 Å². The highest BCUT2D eigenvalue weighted by Crippen LogP contribution is 2.27. The highest BCUT2D eigenvalue weighted by atomic mass is 35.5. The van der Waals surface area contributed by atoms with E-state index in [1.54, 1.807) is 42.5 Å². The lowest BCUT2D eigenvalue weighted by atomic mass is 10.1. The summed E-state index contributed by atoms with van der Waals surface area (Å²) in [5.41, 5.74) is 1.12. The maximum absolute atomic E-state index is 12.1. The van der Waals surface area contributed by atoms with Crippen molar-refractivity contribution in [3.8, 4) is 5.75 Å². The summed E-state index contributed by atoms with van der Waals surface area (Å²) in [6.07, 6.45) is -0.970. The van der Waals surface area contributed by atoms with Gasteiger partial charge in [0.15, 0.2) is 6.10 Å². The third kappa shape index (κ3) is 5.37. The Hall–Kier alpha value is -2.24. The number of benzene rings is 2. The van der Waals surface area contributed by atoms with E-state index in [0.717, 1.165) is 0 Å². The van der Waals surface area contributed by atoms with Gasteiger partial charge in [0.1, 0.15) is 5.75 Å². The number of halogens is 2. The first-order valence-electron chi connectivity index (χ1n) is 7.48. The molecule has 5 nitrogen and oxygen atoms in total. The van der Waals surface area contributed by atoms with Crippen LogP contribution in [0.2, 0.25) is 10.0 Å². The molecule has 0 saturated heterocycles. The molecule has 0 fully saturated rings. The predicted molar refractivity (Wildman–Crippen MR) is 97.3 cm³/mol. The molecule has 1 amide bonds. The van der Waals surface area contributed by atoms with Crippen LogP contribution in [0.25, 0.3) is 0 Å². The number of rotatable bonds is 6. The zero-order valence-corrected chi connectivity index (χ0v) is 15.2. The number of ether oxygens (including phenoxy) is 2. The van der Waals surface area contributed by atoms with Crippen LogP contribution in [0, 0.1) is 0 Å². The van der Waals surface area contributed by atoms with Crippen molar-refractivity contribution < 1.29 is 19.1 Å². The van der Waals surface area contributed by atoms with Gasteiger partial charge in [-0.2, -0.15) is 0 Å². The topological polar surface area (TPSA) is 64.6 Å². The van der Waals surface area contributed by atoms with Crippen LogP contribution in [0.4, 0.5) is 5.69 Å². The third-order valence-electron chi connectivity index (χ3n) is 3.39. The molecule has 0 bridgehead atoms. The molecule has 25 heavy (non-hydrogen) atoms. The molecular weight excluding hydrogens is 365 g/mol. The molecule has 1 atom stereocenters. The van der Waals surface area contributed by atoms with Crippen LogP contribution in [0.3, 0.4) is 0 Å². The minimum absolute atomic E-state index is 0.00828. The average molecular weight is 382 g/mol. The first kappa shape index (κ1) is 19.1. The van der Waals surface area contributed by atoms with Crippen LogP contribution in [0.5, 0.6) is 5.75 Å². The zero-order chi connectivity index (χ0) is 18.4. The first-order valence-corrected chi connectivity index (χ1v) is 8.23. The fraction of sp³-hybridized carbons (Fsp3) is 0.222. The van der Waals surface area contributed by atoms with Gasteiger partial charge in [-0.3, -0.25) is 9.59 Å². The molecule has 0 spiro atoms. The van der Waals surface area contributed by atoms with E-state index < -0.39 is 18.0 Å². The van der Waals surface area contributed by atoms with Gasteiger partial charge in [-0.1, -0.05) is 41.4 Å². The zero-order valence-electron chi connectivity index (χ0n) is 13.7. The summed E-state index contributed by atoms with van der Waals surface area (Å²) in [7, 11) is 1.50. The molecule has 0 radical (unpaired) electrons. The van der Waals surface area contributed by atoms with Gasteiger partial charge in [0.05, 0.1) is 18.6 Å². The van der Waals surface area contributed by atoms with Crippen molar-refractivity contribution >= 4 is 40.8 Å². The number of anilines is 1. The third-order valence-corrected chi connectivity index (χ3v) is 4.05. The van der Waals surface area contributed by atoms with E-state index in [0.29, 0.717) is 27.0 Å². The summed E-state index contributed by atoms with van der Waals surface area (Å²) in [5.74, 6) is -0.504. The molecule has 1 N–H and O–H groups in total. The Morgan fingerprint density at radius 3 is 2.48 bits per heavy atom. The van der Waals surface area contributed by atoms with Gasteiger partial charge >= 0.3 is 5.97 Å². The minimum Gasteiger partial charge on any atom is -0.495 e. The molecule has 0 aliphatic rings. The van der Waals surface area contributed by atoms with E-state index in [1.807, 2.05) is 0 Å². The van der Waals surface area contributed by atoms with Crippen LogP contribution in [0.15, 0.2) is 42.5 Å². The molecule has 0 aliphatic heterocycles. The van der Waals surface area contributed by atoms with Gasteiger partial charge < -0.3 is 14.8 Å². The average Bonchev–Trinajstić information content (AvgIpc) is 2.57. The molecule has 0 heterocycles. The van der Waals surface area contributed by atoms with Gasteiger partial charge in [-0.05, 0) is 36.8 Å². The van der Waals surface area contributed by atoms with Crippen molar-refractivity contribution in [2.45, 2.75) is 19.4 Å². The van der Waals surface area contributed by atoms with Crippen molar-refractivity contribution in [2.75, 3.05) is 12.4 Å². The summed E-state index contributed by atoms with van der Waals surface area (Å²) in [6, 6.07) is 11.8. The van der Waals surface area contributed by atoms with Crippen molar-refractivity contribution in [3.63, 3.8) is 0 Å². The maximum atomic E-state index is 12.1. The number of nitrogens with one attached hydrogen (secondary N) is 1. The summed E-state index contributed by atoms with van der Waals surface area (Å²) >= 11 is 12.0. The highest BCUT2D eigenvalue weighted by Gasteiger charge is 2.19. The van der Waals surface area contributed by atoms with E-state index in [9.17, 15) is 9.59 Å². The fourth-order valence-electron chi connectivity index (χ4n) is 2.08. The Bertz CT molecular complexity index is 779. The van der Waals surface area contributed by atoms with Crippen LogP contribution in [-0.2, 0) is 20.7 Å². The Balaban J connectivity index is 1.92. The Labute approximate surface area is 155 Å². The lowest BCUT2D eigenvalue weighted by Gasteiger charge is -2.14. The second-order valence-corrected chi connectivity index (χ2v) is 6.05.